The summed E-state index contributed by atoms with van der Waals surface area (Å²) in [6.45, 7) is 4.12. The van der Waals surface area contributed by atoms with Crippen LogP contribution in [0.15, 0.2) is 18.2 Å². The van der Waals surface area contributed by atoms with Crippen molar-refractivity contribution in [3.63, 3.8) is 0 Å². The highest BCUT2D eigenvalue weighted by Gasteiger charge is 2.26. The van der Waals surface area contributed by atoms with Crippen LogP contribution in [0.2, 0.25) is 0 Å². The minimum absolute atomic E-state index is 0.0487. The quantitative estimate of drug-likeness (QED) is 0.414. The van der Waals surface area contributed by atoms with E-state index >= 15 is 0 Å². The summed E-state index contributed by atoms with van der Waals surface area (Å²) >= 11 is 0. The van der Waals surface area contributed by atoms with Gasteiger partial charge in [0.05, 0.1) is 18.3 Å². The molecule has 0 aromatic heterocycles. The highest BCUT2D eigenvalue weighted by atomic mass is 32.2. The number of sulfonamides is 1. The fourth-order valence-corrected chi connectivity index (χ4v) is 3.61. The molecule has 1 rings (SSSR count). The maximum absolute atomic E-state index is 12.4. The largest absolute Gasteiger partial charge is 0.495 e. The van der Waals surface area contributed by atoms with Crippen molar-refractivity contribution in [2.75, 3.05) is 30.8 Å². The van der Waals surface area contributed by atoms with Gasteiger partial charge < -0.3 is 10.1 Å². The Bertz CT molecular complexity index is 782. The van der Waals surface area contributed by atoms with E-state index in [-0.39, 0.29) is 17.1 Å². The van der Waals surface area contributed by atoms with E-state index in [9.17, 15) is 23.3 Å². The predicted molar refractivity (Wildman–Crippen MR) is 108 cm³/mol. The van der Waals surface area contributed by atoms with Crippen LogP contribution in [0.3, 0.4) is 0 Å². The zero-order chi connectivity index (χ0) is 21.3. The molecule has 1 aromatic carbocycles. The van der Waals surface area contributed by atoms with Crippen molar-refractivity contribution >= 4 is 27.3 Å². The number of unbranched alkanes of at least 4 members (excludes halogenated alkanes) is 1. The standard InChI is InChI=1S/C18H29N3O6S/c1-5-7-8-14(6-2)12-19-18(22)13-20(28(4,25)26)16-11-15(21(23)24)9-10-17(16)27-3/h9-11,14H,5-8,12-13H2,1-4H3,(H,19,22)/t14-/m0/s1. The number of rotatable bonds is 12. The number of carbonyl (C=O) groups is 1. The topological polar surface area (TPSA) is 119 Å². The zero-order valence-corrected chi connectivity index (χ0v) is 17.6. The number of nitrogens with zero attached hydrogens (tertiary/aromatic N) is 2. The van der Waals surface area contributed by atoms with Gasteiger partial charge in [0.1, 0.15) is 18.0 Å². The lowest BCUT2D eigenvalue weighted by Crippen LogP contribution is -2.41. The first-order valence-electron chi connectivity index (χ1n) is 9.20. The number of benzene rings is 1. The molecule has 0 unspecified atom stereocenters. The second-order valence-electron chi connectivity index (χ2n) is 6.60. The average molecular weight is 416 g/mol. The molecule has 10 heteroatoms. The molecule has 1 atom stereocenters. The minimum Gasteiger partial charge on any atom is -0.495 e. The molecule has 0 radical (unpaired) electrons. The van der Waals surface area contributed by atoms with Crippen molar-refractivity contribution < 1.29 is 22.9 Å². The molecule has 9 nitrogen and oxygen atoms in total. The van der Waals surface area contributed by atoms with Crippen LogP contribution in [0.5, 0.6) is 5.75 Å². The van der Waals surface area contributed by atoms with Crippen LogP contribution in [0.25, 0.3) is 0 Å². The third-order valence-corrected chi connectivity index (χ3v) is 5.59. The normalized spacial score (nSPS) is 12.3. The molecule has 0 aliphatic heterocycles. The molecule has 1 amide bonds. The van der Waals surface area contributed by atoms with E-state index < -0.39 is 27.4 Å². The molecular formula is C18H29N3O6S. The summed E-state index contributed by atoms with van der Waals surface area (Å²) in [6.07, 6.45) is 4.97. The van der Waals surface area contributed by atoms with Crippen LogP contribution >= 0.6 is 0 Å². The lowest BCUT2D eigenvalue weighted by molar-refractivity contribution is -0.384. The molecule has 0 aliphatic carbocycles. The summed E-state index contributed by atoms with van der Waals surface area (Å²) in [6, 6.07) is 3.60. The number of nitrogens with one attached hydrogen (secondary N) is 1. The molecule has 1 N–H and O–H groups in total. The van der Waals surface area contributed by atoms with Gasteiger partial charge in [-0.2, -0.15) is 0 Å². The molecular weight excluding hydrogens is 386 g/mol. The molecule has 0 saturated carbocycles. The van der Waals surface area contributed by atoms with Gasteiger partial charge in [0.25, 0.3) is 5.69 Å². The van der Waals surface area contributed by atoms with E-state index in [0.717, 1.165) is 42.3 Å². The lowest BCUT2D eigenvalue weighted by atomic mass is 9.99. The second kappa shape index (κ2) is 10.8. The number of carbonyl (C=O) groups excluding carboxylic acids is 1. The van der Waals surface area contributed by atoms with Crippen molar-refractivity contribution in [1.29, 1.82) is 0 Å². The molecule has 28 heavy (non-hydrogen) atoms. The number of non-ortho nitro benzene ring substituents is 1. The summed E-state index contributed by atoms with van der Waals surface area (Å²) in [4.78, 5) is 22.8. The van der Waals surface area contributed by atoms with E-state index in [1.165, 1.54) is 19.2 Å². The van der Waals surface area contributed by atoms with Gasteiger partial charge in [0, 0.05) is 18.7 Å². The van der Waals surface area contributed by atoms with Crippen LogP contribution in [-0.2, 0) is 14.8 Å². The van der Waals surface area contributed by atoms with Gasteiger partial charge in [-0.1, -0.05) is 33.1 Å². The molecule has 158 valence electrons. The van der Waals surface area contributed by atoms with Crippen molar-refractivity contribution in [2.45, 2.75) is 39.5 Å². The van der Waals surface area contributed by atoms with Gasteiger partial charge in [0.2, 0.25) is 15.9 Å². The lowest BCUT2D eigenvalue weighted by Gasteiger charge is -2.24. The van der Waals surface area contributed by atoms with Gasteiger partial charge in [0.15, 0.2) is 0 Å². The van der Waals surface area contributed by atoms with Crippen LogP contribution in [-0.4, -0.2) is 45.7 Å². The number of methoxy groups -OCH3 is 1. The Morgan fingerprint density at radius 3 is 2.54 bits per heavy atom. The van der Waals surface area contributed by atoms with Gasteiger partial charge >= 0.3 is 0 Å². The number of anilines is 1. The number of nitro benzene ring substituents is 1. The van der Waals surface area contributed by atoms with Crippen LogP contribution in [0, 0.1) is 16.0 Å². The Labute approximate surface area is 166 Å². The van der Waals surface area contributed by atoms with Crippen LogP contribution < -0.4 is 14.4 Å². The maximum atomic E-state index is 12.4. The molecule has 0 fully saturated rings. The van der Waals surface area contributed by atoms with Crippen LogP contribution in [0.1, 0.15) is 39.5 Å². The Morgan fingerprint density at radius 1 is 1.36 bits per heavy atom. The summed E-state index contributed by atoms with van der Waals surface area (Å²) in [5, 5.41) is 13.8. The molecule has 0 saturated heterocycles. The second-order valence-corrected chi connectivity index (χ2v) is 8.51. The van der Waals surface area contributed by atoms with Crippen LogP contribution in [0.4, 0.5) is 11.4 Å². The van der Waals surface area contributed by atoms with Crippen molar-refractivity contribution in [3.05, 3.63) is 28.3 Å². The Kier molecular flexibility index (Phi) is 9.17. The zero-order valence-electron chi connectivity index (χ0n) is 16.8. The minimum atomic E-state index is -3.88. The number of nitro groups is 1. The number of ether oxygens (including phenoxy) is 1. The Hall–Kier alpha value is -2.36. The third-order valence-electron chi connectivity index (χ3n) is 4.46. The van der Waals surface area contributed by atoms with Gasteiger partial charge in [-0.25, -0.2) is 8.42 Å². The highest BCUT2D eigenvalue weighted by Crippen LogP contribution is 2.33. The van der Waals surface area contributed by atoms with E-state index in [2.05, 4.69) is 12.2 Å². The summed E-state index contributed by atoms with van der Waals surface area (Å²) in [5.74, 6) is -0.0323. The molecule has 0 heterocycles. The van der Waals surface area contributed by atoms with Crippen molar-refractivity contribution in [1.82, 2.24) is 5.32 Å². The maximum Gasteiger partial charge on any atom is 0.271 e. The molecule has 0 spiro atoms. The first-order valence-corrected chi connectivity index (χ1v) is 11.1. The van der Waals surface area contributed by atoms with Crippen molar-refractivity contribution in [3.8, 4) is 5.75 Å². The van der Waals surface area contributed by atoms with E-state index in [0.29, 0.717) is 12.5 Å². The van der Waals surface area contributed by atoms with Gasteiger partial charge in [-0.3, -0.25) is 19.2 Å². The van der Waals surface area contributed by atoms with E-state index in [1.54, 1.807) is 0 Å². The summed E-state index contributed by atoms with van der Waals surface area (Å²) in [7, 11) is -2.55. The number of hydrogen-bond donors (Lipinski definition) is 1. The van der Waals surface area contributed by atoms with Gasteiger partial charge in [-0.05, 0) is 18.4 Å². The number of amides is 1. The highest BCUT2D eigenvalue weighted by molar-refractivity contribution is 7.92. The van der Waals surface area contributed by atoms with E-state index in [4.69, 9.17) is 4.74 Å². The fraction of sp³-hybridized carbons (Fsp3) is 0.611. The summed E-state index contributed by atoms with van der Waals surface area (Å²) in [5.41, 5.74) is -0.345. The van der Waals surface area contributed by atoms with E-state index in [1.807, 2.05) is 6.92 Å². The SMILES string of the molecule is CCCC[C@H](CC)CNC(=O)CN(c1cc([N+](=O)[O-])ccc1OC)S(C)(=O)=O. The summed E-state index contributed by atoms with van der Waals surface area (Å²) < 4.78 is 30.5. The first kappa shape index (κ1) is 23.7. The molecule has 0 bridgehead atoms. The third kappa shape index (κ3) is 6.99. The average Bonchev–Trinajstić information content (AvgIpc) is 2.64. The monoisotopic (exact) mass is 415 g/mol. The number of hydrogen-bond acceptors (Lipinski definition) is 6. The fourth-order valence-electron chi connectivity index (χ4n) is 2.76. The smallest absolute Gasteiger partial charge is 0.271 e. The predicted octanol–water partition coefficient (Wildman–Crippen LogP) is 2.70. The molecule has 1 aromatic rings. The first-order chi connectivity index (χ1) is 13.1. The Balaban J connectivity index is 3.03. The van der Waals surface area contributed by atoms with Gasteiger partial charge in [-0.15, -0.1) is 0 Å². The van der Waals surface area contributed by atoms with Crippen molar-refractivity contribution in [2.24, 2.45) is 5.92 Å². The molecule has 0 aliphatic rings. The Morgan fingerprint density at radius 2 is 2.04 bits per heavy atom.